The molecule has 0 radical (unpaired) electrons. The molecule has 0 unspecified atom stereocenters. The topological polar surface area (TPSA) is 168 Å². The van der Waals surface area contributed by atoms with Gasteiger partial charge >= 0.3 is 23.9 Å². The van der Waals surface area contributed by atoms with Gasteiger partial charge in [-0.1, -0.05) is 0 Å². The van der Waals surface area contributed by atoms with Crippen LogP contribution in [0.4, 0.5) is 0 Å². The highest BCUT2D eigenvalue weighted by Crippen LogP contribution is 2.39. The van der Waals surface area contributed by atoms with Crippen molar-refractivity contribution in [2.45, 2.75) is 27.7 Å². The maximum Gasteiger partial charge on any atom is 0.347 e. The maximum absolute atomic E-state index is 13.7. The maximum atomic E-state index is 13.7. The van der Waals surface area contributed by atoms with Crippen molar-refractivity contribution in [1.29, 1.82) is 0 Å². The fraction of sp³-hybridized carbons (Fsp3) is 0.176. The minimum atomic E-state index is -1.39. The Morgan fingerprint density at radius 2 is 0.956 bits per heavy atom. The molecule has 0 saturated carbocycles. The molecule has 11 nitrogen and oxygen atoms in total. The van der Waals surface area contributed by atoms with Gasteiger partial charge in [0.2, 0.25) is 0 Å². The lowest BCUT2D eigenvalue weighted by atomic mass is 9.91. The molecule has 2 heterocycles. The Hall–Kier alpha value is -5.84. The largest absolute Gasteiger partial charge is 0.497 e. The molecule has 0 atom stereocenters. The van der Waals surface area contributed by atoms with E-state index in [1.54, 1.807) is 64.1 Å². The number of aromatic nitrogens is 2. The molecule has 0 saturated heterocycles. The molecule has 0 fully saturated rings. The summed E-state index contributed by atoms with van der Waals surface area (Å²) in [6.07, 6.45) is 0. The van der Waals surface area contributed by atoms with Crippen molar-refractivity contribution in [2.24, 2.45) is 0 Å². The summed E-state index contributed by atoms with van der Waals surface area (Å²) >= 11 is 0. The average Bonchev–Trinajstić information content (AvgIpc) is 3.58. The van der Waals surface area contributed by atoms with Crippen LogP contribution < -0.4 is 9.47 Å². The monoisotopic (exact) mass is 608 g/mol. The van der Waals surface area contributed by atoms with Crippen LogP contribution in [0.2, 0.25) is 0 Å². The lowest BCUT2D eigenvalue weighted by molar-refractivity contribution is 0.0385. The second kappa shape index (κ2) is 10.4. The molecule has 45 heavy (non-hydrogen) atoms. The fourth-order valence-corrected chi connectivity index (χ4v) is 6.42. The number of hydrogen-bond acceptors (Lipinski definition) is 7. The van der Waals surface area contributed by atoms with Crippen LogP contribution in [-0.2, 0) is 4.74 Å². The summed E-state index contributed by atoms with van der Waals surface area (Å²) in [5, 5.41) is 23.1. The van der Waals surface area contributed by atoms with E-state index in [1.807, 2.05) is 0 Å². The van der Waals surface area contributed by atoms with Gasteiger partial charge in [0.15, 0.2) is 0 Å². The standard InChI is InChI=1S/C34H28N2O9/c1-13-23-19-11-17(43-5)7-9-21(19)35-29(23)15(3)27(25(13)31(37)38)33(41)45-34(42)28-16(4)30-24(14(2)26(28)32(39)40)20-12-18(44-6)8-10-22(20)36-30/h7-12,35-36H,1-6H3,(H,37,38)(H,39,40). The van der Waals surface area contributed by atoms with Crippen LogP contribution in [0.1, 0.15) is 63.7 Å². The Morgan fingerprint density at radius 3 is 1.29 bits per heavy atom. The Morgan fingerprint density at radius 1 is 0.578 bits per heavy atom. The number of nitrogens with one attached hydrogen (secondary N) is 2. The first-order chi connectivity index (χ1) is 21.4. The summed E-state index contributed by atoms with van der Waals surface area (Å²) in [5.41, 5.74) is 2.18. The number of aromatic carboxylic acids is 2. The van der Waals surface area contributed by atoms with E-state index >= 15 is 0 Å². The number of carbonyl (C=O) groups is 4. The Bertz CT molecular complexity index is 2140. The first-order valence-corrected chi connectivity index (χ1v) is 13.9. The third kappa shape index (κ3) is 4.27. The zero-order chi connectivity index (χ0) is 32.5. The van der Waals surface area contributed by atoms with Crippen molar-refractivity contribution in [3.05, 3.63) is 80.9 Å². The zero-order valence-corrected chi connectivity index (χ0v) is 25.2. The minimum Gasteiger partial charge on any atom is -0.497 e. The SMILES string of the molecule is COc1ccc2[nH]c3c(C)c(C(=O)OC(=O)c4c(C(=O)O)c(C)c5c([nH]c6ccc(OC)cc65)c4C)c(C(=O)O)c(C)c3c2c1. The molecule has 0 bridgehead atoms. The van der Waals surface area contributed by atoms with Gasteiger partial charge in [-0.3, -0.25) is 0 Å². The number of H-pyrrole nitrogens is 2. The van der Waals surface area contributed by atoms with E-state index in [2.05, 4.69) is 9.97 Å². The number of aryl methyl sites for hydroxylation is 4. The van der Waals surface area contributed by atoms with Crippen molar-refractivity contribution in [3.63, 3.8) is 0 Å². The minimum absolute atomic E-state index is 0.257. The fourth-order valence-electron chi connectivity index (χ4n) is 6.42. The number of carboxylic acid groups (broad SMARTS) is 2. The van der Waals surface area contributed by atoms with Crippen molar-refractivity contribution in [1.82, 2.24) is 9.97 Å². The van der Waals surface area contributed by atoms with E-state index in [0.29, 0.717) is 55.1 Å². The number of esters is 2. The smallest absolute Gasteiger partial charge is 0.347 e. The normalized spacial score (nSPS) is 11.4. The Balaban J connectivity index is 1.52. The average molecular weight is 609 g/mol. The van der Waals surface area contributed by atoms with Crippen LogP contribution in [-0.4, -0.2) is 58.3 Å². The van der Waals surface area contributed by atoms with Crippen molar-refractivity contribution in [3.8, 4) is 11.5 Å². The number of benzene rings is 4. The first kappa shape index (κ1) is 29.2. The van der Waals surface area contributed by atoms with Crippen molar-refractivity contribution >= 4 is 67.5 Å². The highest BCUT2D eigenvalue weighted by Gasteiger charge is 2.32. The lowest BCUT2D eigenvalue weighted by Gasteiger charge is -2.16. The summed E-state index contributed by atoms with van der Waals surface area (Å²) in [7, 11) is 3.04. The highest BCUT2D eigenvalue weighted by atomic mass is 16.6. The second-order valence-electron chi connectivity index (χ2n) is 10.9. The van der Waals surface area contributed by atoms with Crippen LogP contribution in [0, 0.1) is 27.7 Å². The molecule has 2 aromatic heterocycles. The summed E-state index contributed by atoms with van der Waals surface area (Å²) in [6, 6.07) is 10.6. The van der Waals surface area contributed by atoms with Gasteiger partial charge in [0.1, 0.15) is 11.5 Å². The molecular formula is C34H28N2O9. The predicted octanol–water partition coefficient (Wildman–Crippen LogP) is 6.60. The van der Waals surface area contributed by atoms with E-state index < -0.39 is 23.9 Å². The van der Waals surface area contributed by atoms with Crippen molar-refractivity contribution in [2.75, 3.05) is 14.2 Å². The van der Waals surface area contributed by atoms with E-state index in [1.165, 1.54) is 14.2 Å². The summed E-state index contributed by atoms with van der Waals surface area (Å²) in [6.45, 7) is 6.27. The third-order valence-electron chi connectivity index (χ3n) is 8.53. The van der Waals surface area contributed by atoms with Gasteiger partial charge in [-0.05, 0) is 86.3 Å². The number of carboxylic acids is 2. The molecule has 0 aliphatic heterocycles. The number of methoxy groups -OCH3 is 2. The molecule has 0 spiro atoms. The zero-order valence-electron chi connectivity index (χ0n) is 25.2. The molecule has 4 N–H and O–H groups in total. The molecule has 4 aromatic carbocycles. The van der Waals surface area contributed by atoms with E-state index in [9.17, 15) is 29.4 Å². The van der Waals surface area contributed by atoms with Crippen LogP contribution in [0.5, 0.6) is 11.5 Å². The number of hydrogen-bond donors (Lipinski definition) is 4. The number of ether oxygens (including phenoxy) is 3. The second-order valence-corrected chi connectivity index (χ2v) is 10.9. The van der Waals surface area contributed by atoms with Gasteiger partial charge < -0.3 is 34.4 Å². The van der Waals surface area contributed by atoms with Gasteiger partial charge in [-0.25, -0.2) is 19.2 Å². The Kier molecular flexibility index (Phi) is 6.76. The van der Waals surface area contributed by atoms with Gasteiger partial charge in [0, 0.05) is 32.6 Å². The Labute approximate surface area is 255 Å². The number of rotatable bonds is 6. The quantitative estimate of drug-likeness (QED) is 0.120. The third-order valence-corrected chi connectivity index (χ3v) is 8.53. The summed E-state index contributed by atoms with van der Waals surface area (Å²) in [5.74, 6) is -4.07. The summed E-state index contributed by atoms with van der Waals surface area (Å²) < 4.78 is 16.0. The van der Waals surface area contributed by atoms with Crippen LogP contribution in [0.15, 0.2) is 36.4 Å². The van der Waals surface area contributed by atoms with E-state index in [0.717, 1.165) is 0 Å². The molecule has 11 heteroatoms. The molecule has 6 rings (SSSR count). The predicted molar refractivity (Wildman–Crippen MR) is 167 cm³/mol. The van der Waals surface area contributed by atoms with Crippen LogP contribution >= 0.6 is 0 Å². The molecular weight excluding hydrogens is 580 g/mol. The van der Waals surface area contributed by atoms with Gasteiger partial charge in [0.05, 0.1) is 47.5 Å². The van der Waals surface area contributed by atoms with Crippen LogP contribution in [0.25, 0.3) is 43.6 Å². The molecule has 0 aliphatic rings. The number of carbonyl (C=O) groups excluding carboxylic acids is 2. The van der Waals surface area contributed by atoms with Gasteiger partial charge in [-0.2, -0.15) is 0 Å². The van der Waals surface area contributed by atoms with E-state index in [-0.39, 0.29) is 44.5 Å². The van der Waals surface area contributed by atoms with E-state index in [4.69, 9.17) is 14.2 Å². The van der Waals surface area contributed by atoms with Crippen LogP contribution in [0.3, 0.4) is 0 Å². The lowest BCUT2D eigenvalue weighted by Crippen LogP contribution is -2.22. The van der Waals surface area contributed by atoms with Gasteiger partial charge in [0.25, 0.3) is 0 Å². The number of aromatic amines is 2. The molecule has 0 aliphatic carbocycles. The number of fused-ring (bicyclic) bond motifs is 6. The molecule has 0 amide bonds. The molecule has 228 valence electrons. The van der Waals surface area contributed by atoms with Gasteiger partial charge in [-0.15, -0.1) is 0 Å². The summed E-state index contributed by atoms with van der Waals surface area (Å²) in [4.78, 5) is 59.1. The molecule has 6 aromatic rings. The highest BCUT2D eigenvalue weighted by molar-refractivity contribution is 6.21. The first-order valence-electron chi connectivity index (χ1n) is 13.9. The van der Waals surface area contributed by atoms with Crippen molar-refractivity contribution < 1.29 is 43.6 Å².